The van der Waals surface area contributed by atoms with Crippen molar-refractivity contribution in [2.45, 2.75) is 44.6 Å². The molecule has 1 saturated heterocycles. The van der Waals surface area contributed by atoms with Crippen LogP contribution >= 0.6 is 11.8 Å². The smallest absolute Gasteiger partial charge is 0.0666 e. The third-order valence-electron chi connectivity index (χ3n) is 3.80. The second-order valence-electron chi connectivity index (χ2n) is 5.20. The maximum absolute atomic E-state index is 5.65. The molecule has 2 nitrogen and oxygen atoms in total. The van der Waals surface area contributed by atoms with E-state index in [4.69, 9.17) is 4.74 Å². The standard InChI is InChI=1S/C16H25NOS/c1-4-17-15(14-8-6-5-7-12(14)2)11-19-16-9-10-18-13(16)3/h5-8,13,15-17H,4,9-11H2,1-3H3. The predicted molar refractivity (Wildman–Crippen MR) is 83.9 cm³/mol. The van der Waals surface area contributed by atoms with Gasteiger partial charge in [0.25, 0.3) is 0 Å². The number of hydrogen-bond acceptors (Lipinski definition) is 3. The maximum atomic E-state index is 5.65. The lowest BCUT2D eigenvalue weighted by Gasteiger charge is -2.22. The Hall–Kier alpha value is -0.510. The molecule has 3 atom stereocenters. The fraction of sp³-hybridized carbons (Fsp3) is 0.625. The highest BCUT2D eigenvalue weighted by Gasteiger charge is 2.25. The summed E-state index contributed by atoms with van der Waals surface area (Å²) >= 11 is 2.06. The molecule has 1 aliphatic rings. The lowest BCUT2D eigenvalue weighted by Crippen LogP contribution is -2.25. The van der Waals surface area contributed by atoms with E-state index in [0.717, 1.165) is 18.9 Å². The Bertz CT molecular complexity index is 396. The summed E-state index contributed by atoms with van der Waals surface area (Å²) in [6.45, 7) is 8.51. The van der Waals surface area contributed by atoms with Crippen LogP contribution in [0.1, 0.15) is 37.4 Å². The summed E-state index contributed by atoms with van der Waals surface area (Å²) < 4.78 is 5.65. The highest BCUT2D eigenvalue weighted by molar-refractivity contribution is 8.00. The molecular formula is C16H25NOS. The van der Waals surface area contributed by atoms with E-state index in [0.29, 0.717) is 17.4 Å². The van der Waals surface area contributed by atoms with Gasteiger partial charge in [0, 0.05) is 23.7 Å². The van der Waals surface area contributed by atoms with Crippen molar-refractivity contribution >= 4 is 11.8 Å². The van der Waals surface area contributed by atoms with Gasteiger partial charge in [-0.2, -0.15) is 11.8 Å². The molecule has 1 aliphatic heterocycles. The van der Waals surface area contributed by atoms with Gasteiger partial charge in [0.15, 0.2) is 0 Å². The van der Waals surface area contributed by atoms with E-state index in [2.05, 4.69) is 62.1 Å². The summed E-state index contributed by atoms with van der Waals surface area (Å²) in [4.78, 5) is 0. The zero-order chi connectivity index (χ0) is 13.7. The van der Waals surface area contributed by atoms with Crippen LogP contribution in [-0.4, -0.2) is 30.3 Å². The average molecular weight is 279 g/mol. The van der Waals surface area contributed by atoms with Gasteiger partial charge in [-0.3, -0.25) is 0 Å². The minimum Gasteiger partial charge on any atom is -0.377 e. The van der Waals surface area contributed by atoms with Gasteiger partial charge in [0.1, 0.15) is 0 Å². The van der Waals surface area contributed by atoms with Gasteiger partial charge in [0.05, 0.1) is 6.10 Å². The van der Waals surface area contributed by atoms with Crippen LogP contribution in [0.2, 0.25) is 0 Å². The number of nitrogens with one attached hydrogen (secondary N) is 1. The van der Waals surface area contributed by atoms with Crippen LogP contribution in [0.3, 0.4) is 0 Å². The molecule has 0 spiro atoms. The number of benzene rings is 1. The van der Waals surface area contributed by atoms with E-state index in [-0.39, 0.29) is 0 Å². The van der Waals surface area contributed by atoms with Crippen LogP contribution in [0.4, 0.5) is 0 Å². The minimum atomic E-state index is 0.407. The first-order valence-corrected chi connectivity index (χ1v) is 8.29. The van der Waals surface area contributed by atoms with Crippen molar-refractivity contribution in [3.63, 3.8) is 0 Å². The minimum absolute atomic E-state index is 0.407. The topological polar surface area (TPSA) is 21.3 Å². The van der Waals surface area contributed by atoms with Gasteiger partial charge < -0.3 is 10.1 Å². The molecular weight excluding hydrogens is 254 g/mol. The molecule has 1 aromatic carbocycles. The Morgan fingerprint density at radius 3 is 2.84 bits per heavy atom. The normalized spacial score (nSPS) is 24.6. The molecule has 0 amide bonds. The predicted octanol–water partition coefficient (Wildman–Crippen LogP) is 3.56. The number of thioether (sulfide) groups is 1. The van der Waals surface area contributed by atoms with Crippen LogP contribution in [0, 0.1) is 6.92 Å². The van der Waals surface area contributed by atoms with Crippen LogP contribution in [0.15, 0.2) is 24.3 Å². The molecule has 1 fully saturated rings. The summed E-state index contributed by atoms with van der Waals surface area (Å²) in [6, 6.07) is 9.15. The van der Waals surface area contributed by atoms with Gasteiger partial charge in [0.2, 0.25) is 0 Å². The van der Waals surface area contributed by atoms with E-state index in [1.165, 1.54) is 17.5 Å². The van der Waals surface area contributed by atoms with E-state index in [9.17, 15) is 0 Å². The van der Waals surface area contributed by atoms with Crippen molar-refractivity contribution < 1.29 is 4.74 Å². The second kappa shape index (κ2) is 7.32. The van der Waals surface area contributed by atoms with Gasteiger partial charge >= 0.3 is 0 Å². The summed E-state index contributed by atoms with van der Waals surface area (Å²) in [5.74, 6) is 1.12. The second-order valence-corrected chi connectivity index (χ2v) is 6.48. The summed E-state index contributed by atoms with van der Waals surface area (Å²) in [5.41, 5.74) is 2.81. The molecule has 19 heavy (non-hydrogen) atoms. The van der Waals surface area contributed by atoms with E-state index >= 15 is 0 Å². The molecule has 3 heteroatoms. The van der Waals surface area contributed by atoms with Gasteiger partial charge in [-0.25, -0.2) is 0 Å². The quantitative estimate of drug-likeness (QED) is 0.860. The molecule has 0 bridgehead atoms. The Balaban J connectivity index is 1.98. The molecule has 0 radical (unpaired) electrons. The largest absolute Gasteiger partial charge is 0.377 e. The zero-order valence-electron chi connectivity index (χ0n) is 12.2. The van der Waals surface area contributed by atoms with E-state index < -0.39 is 0 Å². The lowest BCUT2D eigenvalue weighted by molar-refractivity contribution is 0.127. The van der Waals surface area contributed by atoms with Crippen molar-refractivity contribution in [1.29, 1.82) is 0 Å². The van der Waals surface area contributed by atoms with E-state index in [1.54, 1.807) is 0 Å². The van der Waals surface area contributed by atoms with Crippen LogP contribution in [0.5, 0.6) is 0 Å². The van der Waals surface area contributed by atoms with Crippen molar-refractivity contribution in [2.75, 3.05) is 18.9 Å². The van der Waals surface area contributed by atoms with Crippen molar-refractivity contribution in [1.82, 2.24) is 5.32 Å². The highest BCUT2D eigenvalue weighted by Crippen LogP contribution is 2.30. The number of hydrogen-bond donors (Lipinski definition) is 1. The van der Waals surface area contributed by atoms with Crippen molar-refractivity contribution in [3.05, 3.63) is 35.4 Å². The van der Waals surface area contributed by atoms with Crippen molar-refractivity contribution in [3.8, 4) is 0 Å². The lowest BCUT2D eigenvalue weighted by atomic mass is 10.0. The Labute approximate surface area is 121 Å². The summed E-state index contributed by atoms with van der Waals surface area (Å²) in [6.07, 6.45) is 1.60. The molecule has 1 aromatic rings. The van der Waals surface area contributed by atoms with Crippen LogP contribution < -0.4 is 5.32 Å². The van der Waals surface area contributed by atoms with Gasteiger partial charge in [-0.15, -0.1) is 0 Å². The molecule has 0 aliphatic carbocycles. The zero-order valence-corrected chi connectivity index (χ0v) is 13.0. The third kappa shape index (κ3) is 3.98. The average Bonchev–Trinajstić information content (AvgIpc) is 2.81. The Morgan fingerprint density at radius 1 is 1.42 bits per heavy atom. The molecule has 1 heterocycles. The monoisotopic (exact) mass is 279 g/mol. The Morgan fingerprint density at radius 2 is 2.21 bits per heavy atom. The van der Waals surface area contributed by atoms with Crippen LogP contribution in [0.25, 0.3) is 0 Å². The Kier molecular flexibility index (Phi) is 5.74. The maximum Gasteiger partial charge on any atom is 0.0666 e. The first-order chi connectivity index (χ1) is 9.22. The number of ether oxygens (including phenoxy) is 1. The summed E-state index contributed by atoms with van der Waals surface area (Å²) in [7, 11) is 0. The molecule has 0 aromatic heterocycles. The fourth-order valence-electron chi connectivity index (χ4n) is 2.63. The first kappa shape index (κ1) is 14.9. The molecule has 2 rings (SSSR count). The molecule has 3 unspecified atom stereocenters. The number of rotatable bonds is 6. The molecule has 0 saturated carbocycles. The first-order valence-electron chi connectivity index (χ1n) is 7.24. The van der Waals surface area contributed by atoms with E-state index in [1.807, 2.05) is 0 Å². The molecule has 106 valence electrons. The number of aryl methyl sites for hydroxylation is 1. The molecule has 1 N–H and O–H groups in total. The fourth-order valence-corrected chi connectivity index (χ4v) is 3.98. The highest BCUT2D eigenvalue weighted by atomic mass is 32.2. The third-order valence-corrected chi connectivity index (χ3v) is 5.37. The van der Waals surface area contributed by atoms with Crippen molar-refractivity contribution in [2.24, 2.45) is 0 Å². The van der Waals surface area contributed by atoms with Gasteiger partial charge in [-0.05, 0) is 37.9 Å². The van der Waals surface area contributed by atoms with Gasteiger partial charge in [-0.1, -0.05) is 31.2 Å². The van der Waals surface area contributed by atoms with Crippen LogP contribution in [-0.2, 0) is 4.74 Å². The summed E-state index contributed by atoms with van der Waals surface area (Å²) in [5, 5.41) is 4.27. The SMILES string of the molecule is CCNC(CSC1CCOC1C)c1ccccc1C.